The molecule has 136 valence electrons. The van der Waals surface area contributed by atoms with Crippen LogP contribution < -0.4 is 16.2 Å². The van der Waals surface area contributed by atoms with E-state index in [1.165, 1.54) is 24.3 Å². The molecule has 0 aliphatic heterocycles. The molecule has 2 aromatic rings. The van der Waals surface area contributed by atoms with E-state index in [0.29, 0.717) is 17.1 Å². The monoisotopic (exact) mass is 356 g/mol. The molecule has 0 aliphatic carbocycles. The molecular formula is C19H20N2O5. The fourth-order valence-corrected chi connectivity index (χ4v) is 2.11. The number of hydrogen-bond donors (Lipinski definition) is 2. The van der Waals surface area contributed by atoms with Gasteiger partial charge >= 0.3 is 11.9 Å². The second-order valence-electron chi connectivity index (χ2n) is 5.30. The van der Waals surface area contributed by atoms with Crippen molar-refractivity contribution in [3.63, 3.8) is 0 Å². The number of carbonyl (C=O) groups excluding carboxylic acids is 2. The maximum absolute atomic E-state index is 11.9. The van der Waals surface area contributed by atoms with E-state index in [9.17, 15) is 9.59 Å². The Labute approximate surface area is 151 Å². The largest absolute Gasteiger partial charge is 0.497 e. The lowest BCUT2D eigenvalue weighted by molar-refractivity contribution is -0.138. The number of rotatable bonds is 7. The summed E-state index contributed by atoms with van der Waals surface area (Å²) in [7, 11) is 1.57. The number of esters is 2. The number of nitrogen functional groups attached to an aromatic ring is 2. The van der Waals surface area contributed by atoms with Gasteiger partial charge in [0.1, 0.15) is 19.0 Å². The minimum Gasteiger partial charge on any atom is -0.497 e. The molecule has 0 atom stereocenters. The molecule has 4 N–H and O–H groups in total. The van der Waals surface area contributed by atoms with Gasteiger partial charge in [-0.3, -0.25) is 0 Å². The highest BCUT2D eigenvalue weighted by molar-refractivity contribution is 5.91. The molecule has 26 heavy (non-hydrogen) atoms. The van der Waals surface area contributed by atoms with E-state index in [0.717, 1.165) is 5.56 Å². The van der Waals surface area contributed by atoms with Crippen LogP contribution in [-0.2, 0) is 14.3 Å². The number of nitrogens with two attached hydrogens (primary N) is 2. The molecule has 0 bridgehead atoms. The van der Waals surface area contributed by atoms with Crippen molar-refractivity contribution in [3.8, 4) is 5.75 Å². The molecule has 0 aromatic heterocycles. The maximum atomic E-state index is 11.9. The summed E-state index contributed by atoms with van der Waals surface area (Å²) in [5.74, 6) is -0.446. The Morgan fingerprint density at radius 3 is 2.38 bits per heavy atom. The number of carbonyl (C=O) groups is 2. The van der Waals surface area contributed by atoms with Crippen LogP contribution in [0.5, 0.6) is 5.75 Å². The predicted octanol–water partition coefficient (Wildman–Crippen LogP) is 2.27. The quantitative estimate of drug-likeness (QED) is 0.338. The summed E-state index contributed by atoms with van der Waals surface area (Å²) < 4.78 is 15.1. The van der Waals surface area contributed by atoms with Crippen molar-refractivity contribution >= 4 is 29.4 Å². The van der Waals surface area contributed by atoms with Crippen LogP contribution in [0.4, 0.5) is 11.4 Å². The summed E-state index contributed by atoms with van der Waals surface area (Å²) >= 11 is 0. The van der Waals surface area contributed by atoms with Gasteiger partial charge in [0, 0.05) is 17.5 Å². The molecule has 2 aromatic carbocycles. The topological polar surface area (TPSA) is 114 Å². The SMILES string of the molecule is COc1cccc(C=CC(=O)OCCOC(=O)c2cc(N)cc(N)c2)c1. The summed E-state index contributed by atoms with van der Waals surface area (Å²) in [5, 5.41) is 0. The van der Waals surface area contributed by atoms with E-state index in [2.05, 4.69) is 0 Å². The van der Waals surface area contributed by atoms with Crippen LogP contribution in [0.2, 0.25) is 0 Å². The maximum Gasteiger partial charge on any atom is 0.338 e. The van der Waals surface area contributed by atoms with Gasteiger partial charge in [-0.15, -0.1) is 0 Å². The first kappa shape index (κ1) is 18.9. The number of benzene rings is 2. The Hall–Kier alpha value is -3.48. The summed E-state index contributed by atoms with van der Waals surface area (Å²) in [4.78, 5) is 23.5. The Bertz CT molecular complexity index is 797. The molecule has 0 spiro atoms. The fourth-order valence-electron chi connectivity index (χ4n) is 2.11. The van der Waals surface area contributed by atoms with E-state index in [-0.39, 0.29) is 18.8 Å². The normalized spacial score (nSPS) is 10.5. The third kappa shape index (κ3) is 5.86. The fraction of sp³-hybridized carbons (Fsp3) is 0.158. The Balaban J connectivity index is 1.75. The first-order valence-electron chi connectivity index (χ1n) is 7.80. The summed E-state index contributed by atoms with van der Waals surface area (Å²) in [6.45, 7) is -0.142. The average Bonchev–Trinajstić information content (AvgIpc) is 2.62. The molecule has 0 fully saturated rings. The zero-order valence-corrected chi connectivity index (χ0v) is 14.3. The second kappa shape index (κ2) is 9.12. The van der Waals surface area contributed by atoms with E-state index in [1.807, 2.05) is 12.1 Å². The van der Waals surface area contributed by atoms with Crippen LogP contribution in [0.1, 0.15) is 15.9 Å². The van der Waals surface area contributed by atoms with Gasteiger partial charge in [0.25, 0.3) is 0 Å². The molecule has 2 rings (SSSR count). The van der Waals surface area contributed by atoms with E-state index < -0.39 is 11.9 Å². The lowest BCUT2D eigenvalue weighted by Gasteiger charge is -2.06. The van der Waals surface area contributed by atoms with Gasteiger partial charge in [0.15, 0.2) is 0 Å². The Morgan fingerprint density at radius 2 is 1.69 bits per heavy atom. The molecular weight excluding hydrogens is 336 g/mol. The van der Waals surface area contributed by atoms with Gasteiger partial charge in [0.05, 0.1) is 12.7 Å². The minimum absolute atomic E-state index is 0.0647. The molecule has 0 unspecified atom stereocenters. The lowest BCUT2D eigenvalue weighted by Crippen LogP contribution is -2.13. The molecule has 0 amide bonds. The van der Waals surface area contributed by atoms with E-state index >= 15 is 0 Å². The zero-order valence-electron chi connectivity index (χ0n) is 14.3. The van der Waals surface area contributed by atoms with Crippen molar-refractivity contribution in [1.82, 2.24) is 0 Å². The van der Waals surface area contributed by atoms with Crippen molar-refractivity contribution in [1.29, 1.82) is 0 Å². The number of ether oxygens (including phenoxy) is 3. The van der Waals surface area contributed by atoms with Crippen LogP contribution in [0, 0.1) is 0 Å². The smallest absolute Gasteiger partial charge is 0.338 e. The van der Waals surface area contributed by atoms with Crippen molar-refractivity contribution in [2.75, 3.05) is 31.8 Å². The van der Waals surface area contributed by atoms with Gasteiger partial charge in [-0.05, 0) is 42.0 Å². The molecule has 7 heteroatoms. The molecule has 0 saturated carbocycles. The van der Waals surface area contributed by atoms with Gasteiger partial charge in [-0.25, -0.2) is 9.59 Å². The lowest BCUT2D eigenvalue weighted by atomic mass is 10.2. The average molecular weight is 356 g/mol. The highest BCUT2D eigenvalue weighted by atomic mass is 16.6. The van der Waals surface area contributed by atoms with Crippen LogP contribution >= 0.6 is 0 Å². The minimum atomic E-state index is -0.591. The summed E-state index contributed by atoms with van der Waals surface area (Å²) in [6.07, 6.45) is 2.89. The van der Waals surface area contributed by atoms with Gasteiger partial charge < -0.3 is 25.7 Å². The van der Waals surface area contributed by atoms with Crippen molar-refractivity contribution in [2.24, 2.45) is 0 Å². The zero-order chi connectivity index (χ0) is 18.9. The standard InChI is InChI=1S/C19H20N2O5/c1-24-17-4-2-3-13(9-17)5-6-18(22)25-7-8-26-19(23)14-10-15(20)12-16(21)11-14/h2-6,9-12H,7-8,20-21H2,1H3. The van der Waals surface area contributed by atoms with E-state index in [1.54, 1.807) is 25.3 Å². The summed E-state index contributed by atoms with van der Waals surface area (Å²) in [6, 6.07) is 11.7. The van der Waals surface area contributed by atoms with E-state index in [4.69, 9.17) is 25.7 Å². The van der Waals surface area contributed by atoms with Gasteiger partial charge in [-0.2, -0.15) is 0 Å². The Morgan fingerprint density at radius 1 is 1.00 bits per heavy atom. The van der Waals surface area contributed by atoms with Gasteiger partial charge in [-0.1, -0.05) is 12.1 Å². The summed E-state index contributed by atoms with van der Waals surface area (Å²) in [5.41, 5.74) is 13.0. The van der Waals surface area contributed by atoms with Gasteiger partial charge in [0.2, 0.25) is 0 Å². The van der Waals surface area contributed by atoms with Crippen LogP contribution in [0.25, 0.3) is 6.08 Å². The van der Waals surface area contributed by atoms with Crippen molar-refractivity contribution < 1.29 is 23.8 Å². The molecule has 0 radical (unpaired) electrons. The third-order valence-corrected chi connectivity index (χ3v) is 3.28. The van der Waals surface area contributed by atoms with Crippen LogP contribution in [0.3, 0.4) is 0 Å². The van der Waals surface area contributed by atoms with Crippen molar-refractivity contribution in [3.05, 3.63) is 59.7 Å². The molecule has 0 saturated heterocycles. The second-order valence-corrected chi connectivity index (χ2v) is 5.30. The third-order valence-electron chi connectivity index (χ3n) is 3.28. The first-order chi connectivity index (χ1) is 12.5. The highest BCUT2D eigenvalue weighted by Gasteiger charge is 2.09. The molecule has 7 nitrogen and oxygen atoms in total. The number of hydrogen-bond acceptors (Lipinski definition) is 7. The first-order valence-corrected chi connectivity index (χ1v) is 7.80. The Kier molecular flexibility index (Phi) is 6.61. The predicted molar refractivity (Wildman–Crippen MR) is 98.5 cm³/mol. The molecule has 0 heterocycles. The number of anilines is 2. The number of methoxy groups -OCH3 is 1. The molecule has 0 aliphatic rings. The van der Waals surface area contributed by atoms with Crippen LogP contribution in [0.15, 0.2) is 48.5 Å². The highest BCUT2D eigenvalue weighted by Crippen LogP contribution is 2.15. The van der Waals surface area contributed by atoms with Crippen LogP contribution in [-0.4, -0.2) is 32.3 Å². The van der Waals surface area contributed by atoms with Crippen molar-refractivity contribution in [2.45, 2.75) is 0 Å².